The first-order valence-corrected chi connectivity index (χ1v) is 4.05. The minimum atomic E-state index is -0.670. The third-order valence-electron chi connectivity index (χ3n) is 1.26. The summed E-state index contributed by atoms with van der Waals surface area (Å²) in [5.74, 6) is 0. The van der Waals surface area contributed by atoms with Gasteiger partial charge in [-0.1, -0.05) is 36.5 Å². The molecule has 0 aliphatic rings. The number of hydrogen-bond acceptors (Lipinski definition) is 1. The van der Waals surface area contributed by atoms with E-state index in [1.807, 2.05) is 19.1 Å². The maximum Gasteiger partial charge on any atom is 0.0631 e. The molecule has 0 radical (unpaired) electrons. The molecule has 0 aromatic carbocycles. The van der Waals surface area contributed by atoms with Crippen LogP contribution in [0.15, 0.2) is 36.5 Å². The fourth-order valence-corrected chi connectivity index (χ4v) is 0.875. The quantitative estimate of drug-likeness (QED) is 0.637. The van der Waals surface area contributed by atoms with Crippen LogP contribution in [0.5, 0.6) is 0 Å². The van der Waals surface area contributed by atoms with E-state index in [-0.39, 0.29) is 0 Å². The summed E-state index contributed by atoms with van der Waals surface area (Å²) in [7, 11) is 0. The highest BCUT2D eigenvalue weighted by molar-refractivity contribution is 5.23. The van der Waals surface area contributed by atoms with Gasteiger partial charge in [-0.05, 0) is 20.8 Å². The van der Waals surface area contributed by atoms with Crippen molar-refractivity contribution in [2.75, 3.05) is 0 Å². The lowest BCUT2D eigenvalue weighted by atomic mass is 9.99. The SMILES string of the molecule is C=C(C)/C=C\C(=C)CC(C)(C)O. The van der Waals surface area contributed by atoms with Crippen LogP contribution >= 0.6 is 0 Å². The second-order valence-electron chi connectivity index (χ2n) is 3.83. The first-order valence-electron chi connectivity index (χ1n) is 4.05. The van der Waals surface area contributed by atoms with Crippen LogP contribution in [0.3, 0.4) is 0 Å². The molecule has 0 saturated heterocycles. The summed E-state index contributed by atoms with van der Waals surface area (Å²) in [5.41, 5.74) is 1.24. The van der Waals surface area contributed by atoms with Gasteiger partial charge in [-0.15, -0.1) is 0 Å². The van der Waals surface area contributed by atoms with Gasteiger partial charge in [0, 0.05) is 6.42 Å². The van der Waals surface area contributed by atoms with Crippen LogP contribution in [0.25, 0.3) is 0 Å². The Morgan fingerprint density at radius 3 is 2.17 bits per heavy atom. The van der Waals surface area contributed by atoms with E-state index in [9.17, 15) is 5.11 Å². The third-order valence-corrected chi connectivity index (χ3v) is 1.26. The van der Waals surface area contributed by atoms with Gasteiger partial charge < -0.3 is 5.11 Å². The van der Waals surface area contributed by atoms with Crippen molar-refractivity contribution in [3.05, 3.63) is 36.5 Å². The standard InChI is InChI=1S/C11H18O/c1-9(2)6-7-10(3)8-11(4,5)12/h6-7,12H,1,3,8H2,2,4-5H3/b7-6-. The Kier molecular flexibility index (Phi) is 3.98. The first-order chi connectivity index (χ1) is 5.31. The van der Waals surface area contributed by atoms with Gasteiger partial charge in [0.1, 0.15) is 0 Å². The van der Waals surface area contributed by atoms with Crippen molar-refractivity contribution >= 4 is 0 Å². The van der Waals surface area contributed by atoms with Crippen molar-refractivity contribution in [3.63, 3.8) is 0 Å². The molecule has 0 fully saturated rings. The van der Waals surface area contributed by atoms with E-state index in [1.165, 1.54) is 0 Å². The fraction of sp³-hybridized carbons (Fsp3) is 0.455. The average Bonchev–Trinajstić information content (AvgIpc) is 1.79. The monoisotopic (exact) mass is 166 g/mol. The third kappa shape index (κ3) is 7.29. The van der Waals surface area contributed by atoms with E-state index in [4.69, 9.17) is 0 Å². The molecule has 0 unspecified atom stereocenters. The van der Waals surface area contributed by atoms with Gasteiger partial charge >= 0.3 is 0 Å². The molecular formula is C11H18O. The summed E-state index contributed by atoms with van der Waals surface area (Å²) in [4.78, 5) is 0. The molecule has 12 heavy (non-hydrogen) atoms. The molecule has 0 aliphatic heterocycles. The highest BCUT2D eigenvalue weighted by atomic mass is 16.3. The van der Waals surface area contributed by atoms with Gasteiger partial charge in [-0.2, -0.15) is 0 Å². The van der Waals surface area contributed by atoms with Crippen LogP contribution in [0.2, 0.25) is 0 Å². The normalized spacial score (nSPS) is 12.0. The Labute approximate surface area is 75.1 Å². The molecule has 0 heterocycles. The molecule has 0 aromatic rings. The van der Waals surface area contributed by atoms with Crippen molar-refractivity contribution in [1.82, 2.24) is 0 Å². The van der Waals surface area contributed by atoms with Crippen LogP contribution in [0.4, 0.5) is 0 Å². The van der Waals surface area contributed by atoms with Crippen molar-refractivity contribution in [2.45, 2.75) is 32.8 Å². The number of hydrogen-bond donors (Lipinski definition) is 1. The zero-order valence-electron chi connectivity index (χ0n) is 8.22. The van der Waals surface area contributed by atoms with Crippen molar-refractivity contribution < 1.29 is 5.11 Å². The van der Waals surface area contributed by atoms with Gasteiger partial charge in [0.15, 0.2) is 0 Å². The molecule has 1 heteroatoms. The molecule has 0 rings (SSSR count). The summed E-state index contributed by atoms with van der Waals surface area (Å²) in [6.45, 7) is 13.0. The molecule has 0 aromatic heterocycles. The van der Waals surface area contributed by atoms with E-state index in [1.54, 1.807) is 13.8 Å². The Bertz CT molecular complexity index is 204. The van der Waals surface area contributed by atoms with E-state index in [2.05, 4.69) is 13.2 Å². The molecule has 0 aliphatic carbocycles. The Hall–Kier alpha value is -0.820. The lowest BCUT2D eigenvalue weighted by molar-refractivity contribution is 0.0819. The lowest BCUT2D eigenvalue weighted by Crippen LogP contribution is -2.18. The van der Waals surface area contributed by atoms with E-state index in [0.29, 0.717) is 6.42 Å². The number of allylic oxidation sites excluding steroid dienone is 3. The van der Waals surface area contributed by atoms with E-state index in [0.717, 1.165) is 11.1 Å². The highest BCUT2D eigenvalue weighted by Gasteiger charge is 2.12. The van der Waals surface area contributed by atoms with Crippen LogP contribution in [-0.2, 0) is 0 Å². The first kappa shape index (κ1) is 11.2. The molecule has 0 spiro atoms. The van der Waals surface area contributed by atoms with Gasteiger partial charge in [-0.25, -0.2) is 0 Å². The maximum absolute atomic E-state index is 9.44. The molecule has 0 atom stereocenters. The van der Waals surface area contributed by atoms with Gasteiger partial charge in [0.05, 0.1) is 5.60 Å². The molecule has 1 nitrogen and oxygen atoms in total. The number of rotatable bonds is 4. The number of aliphatic hydroxyl groups is 1. The minimum Gasteiger partial charge on any atom is -0.390 e. The smallest absolute Gasteiger partial charge is 0.0631 e. The predicted octanol–water partition coefficient (Wildman–Crippen LogP) is 2.84. The van der Waals surface area contributed by atoms with E-state index < -0.39 is 5.60 Å². The largest absolute Gasteiger partial charge is 0.390 e. The minimum absolute atomic E-state index is 0.594. The van der Waals surface area contributed by atoms with Crippen LogP contribution in [0, 0.1) is 0 Å². The van der Waals surface area contributed by atoms with Gasteiger partial charge in [0.2, 0.25) is 0 Å². The molecule has 0 amide bonds. The zero-order valence-corrected chi connectivity index (χ0v) is 8.22. The lowest BCUT2D eigenvalue weighted by Gasteiger charge is -2.16. The zero-order chi connectivity index (χ0) is 9.78. The Morgan fingerprint density at radius 1 is 1.33 bits per heavy atom. The Morgan fingerprint density at radius 2 is 1.83 bits per heavy atom. The van der Waals surface area contributed by atoms with Crippen molar-refractivity contribution in [3.8, 4) is 0 Å². The van der Waals surface area contributed by atoms with Gasteiger partial charge in [-0.3, -0.25) is 0 Å². The van der Waals surface area contributed by atoms with Crippen molar-refractivity contribution in [2.24, 2.45) is 0 Å². The molecule has 68 valence electrons. The topological polar surface area (TPSA) is 20.2 Å². The van der Waals surface area contributed by atoms with Crippen molar-refractivity contribution in [1.29, 1.82) is 0 Å². The van der Waals surface area contributed by atoms with E-state index >= 15 is 0 Å². The average molecular weight is 166 g/mol. The summed E-state index contributed by atoms with van der Waals surface area (Å²) < 4.78 is 0. The van der Waals surface area contributed by atoms with Gasteiger partial charge in [0.25, 0.3) is 0 Å². The van der Waals surface area contributed by atoms with Crippen LogP contribution in [-0.4, -0.2) is 10.7 Å². The molecule has 0 saturated carbocycles. The predicted molar refractivity (Wildman–Crippen MR) is 54.0 cm³/mol. The summed E-state index contributed by atoms with van der Waals surface area (Å²) >= 11 is 0. The maximum atomic E-state index is 9.44. The second kappa shape index (κ2) is 4.27. The highest BCUT2D eigenvalue weighted by Crippen LogP contribution is 2.14. The molecule has 1 N–H and O–H groups in total. The molecular weight excluding hydrogens is 148 g/mol. The Balaban J connectivity index is 3.99. The molecule has 0 bridgehead atoms. The second-order valence-corrected chi connectivity index (χ2v) is 3.83. The van der Waals surface area contributed by atoms with Crippen LogP contribution < -0.4 is 0 Å². The van der Waals surface area contributed by atoms with Crippen LogP contribution in [0.1, 0.15) is 27.2 Å². The summed E-state index contributed by atoms with van der Waals surface area (Å²) in [6.07, 6.45) is 4.38. The fourth-order valence-electron chi connectivity index (χ4n) is 0.875. The summed E-state index contributed by atoms with van der Waals surface area (Å²) in [5, 5.41) is 9.44. The summed E-state index contributed by atoms with van der Waals surface area (Å²) in [6, 6.07) is 0.